The van der Waals surface area contributed by atoms with Crippen LogP contribution in [0.25, 0.3) is 0 Å². The summed E-state index contributed by atoms with van der Waals surface area (Å²) in [5, 5.41) is 4.98. The second-order valence-corrected chi connectivity index (χ2v) is 7.08. The third kappa shape index (κ3) is 4.59. The lowest BCUT2D eigenvalue weighted by Crippen LogP contribution is -2.43. The van der Waals surface area contributed by atoms with Crippen LogP contribution in [0.15, 0.2) is 18.2 Å². The first-order chi connectivity index (χ1) is 10.0. The zero-order chi connectivity index (χ0) is 15.4. The van der Waals surface area contributed by atoms with Crippen molar-refractivity contribution in [3.05, 3.63) is 33.8 Å². The first kappa shape index (κ1) is 17.1. The quantitative estimate of drug-likeness (QED) is 0.869. The maximum atomic E-state index is 6.14. The summed E-state index contributed by atoms with van der Waals surface area (Å²) in [5.41, 5.74) is 1.24. The predicted octanol–water partition coefficient (Wildman–Crippen LogP) is 4.59. The molecule has 1 aliphatic rings. The number of hydrogen-bond donors (Lipinski definition) is 1. The molecule has 1 aliphatic heterocycles. The van der Waals surface area contributed by atoms with Crippen LogP contribution in [-0.4, -0.2) is 30.1 Å². The molecule has 0 aromatic heterocycles. The van der Waals surface area contributed by atoms with Crippen LogP contribution >= 0.6 is 23.2 Å². The van der Waals surface area contributed by atoms with Gasteiger partial charge in [-0.1, -0.05) is 49.5 Å². The van der Waals surface area contributed by atoms with E-state index in [0.717, 1.165) is 19.6 Å². The maximum absolute atomic E-state index is 6.14. The van der Waals surface area contributed by atoms with Crippen LogP contribution in [0, 0.1) is 5.92 Å². The second-order valence-electron chi connectivity index (χ2n) is 6.26. The Morgan fingerprint density at radius 1 is 1.33 bits per heavy atom. The Labute approximate surface area is 138 Å². The molecule has 4 heteroatoms. The summed E-state index contributed by atoms with van der Waals surface area (Å²) in [7, 11) is 0. The summed E-state index contributed by atoms with van der Waals surface area (Å²) in [6, 6.07) is 7.13. The van der Waals surface area contributed by atoms with Crippen molar-refractivity contribution in [3.63, 3.8) is 0 Å². The summed E-state index contributed by atoms with van der Waals surface area (Å²) >= 11 is 12.1. The van der Waals surface area contributed by atoms with Gasteiger partial charge in [0.2, 0.25) is 0 Å². The van der Waals surface area contributed by atoms with Crippen molar-refractivity contribution < 1.29 is 0 Å². The van der Waals surface area contributed by atoms with Crippen LogP contribution in [0.3, 0.4) is 0 Å². The van der Waals surface area contributed by atoms with E-state index in [4.69, 9.17) is 23.2 Å². The molecule has 0 aliphatic carbocycles. The average molecular weight is 329 g/mol. The van der Waals surface area contributed by atoms with Crippen molar-refractivity contribution in [2.24, 2.45) is 5.92 Å². The monoisotopic (exact) mass is 328 g/mol. The van der Waals surface area contributed by atoms with Crippen LogP contribution in [0.5, 0.6) is 0 Å². The van der Waals surface area contributed by atoms with Gasteiger partial charge in [0.05, 0.1) is 10.0 Å². The minimum Gasteiger partial charge on any atom is -0.312 e. The van der Waals surface area contributed by atoms with Crippen LogP contribution in [-0.2, 0) is 6.54 Å². The summed E-state index contributed by atoms with van der Waals surface area (Å²) in [6.45, 7) is 10.1. The Bertz CT molecular complexity index is 464. The van der Waals surface area contributed by atoms with E-state index in [-0.39, 0.29) is 0 Å². The SMILES string of the molecule is CCC(C)C1CN(Cc2ccc(Cl)c(Cl)c2)C(C)CCN1. The Kier molecular flexibility index (Phi) is 6.36. The highest BCUT2D eigenvalue weighted by molar-refractivity contribution is 6.42. The Morgan fingerprint density at radius 3 is 2.76 bits per heavy atom. The Hall–Kier alpha value is -0.280. The van der Waals surface area contributed by atoms with Gasteiger partial charge in [0.25, 0.3) is 0 Å². The van der Waals surface area contributed by atoms with E-state index < -0.39 is 0 Å². The molecule has 2 rings (SSSR count). The van der Waals surface area contributed by atoms with Crippen LogP contribution < -0.4 is 5.32 Å². The number of halogens is 2. The number of nitrogens with one attached hydrogen (secondary N) is 1. The normalized spacial score (nSPS) is 25.6. The molecule has 1 aromatic carbocycles. The second kappa shape index (κ2) is 7.82. The van der Waals surface area contributed by atoms with Gasteiger partial charge in [-0.15, -0.1) is 0 Å². The van der Waals surface area contributed by atoms with E-state index >= 15 is 0 Å². The van der Waals surface area contributed by atoms with E-state index in [0.29, 0.717) is 28.0 Å². The molecule has 1 saturated heterocycles. The van der Waals surface area contributed by atoms with Crippen molar-refractivity contribution in [2.75, 3.05) is 13.1 Å². The van der Waals surface area contributed by atoms with Gasteiger partial charge in [0, 0.05) is 25.2 Å². The smallest absolute Gasteiger partial charge is 0.0595 e. The molecule has 1 fully saturated rings. The molecular formula is C17H26Cl2N2. The minimum atomic E-state index is 0.572. The molecule has 1 aromatic rings. The van der Waals surface area contributed by atoms with Gasteiger partial charge >= 0.3 is 0 Å². The van der Waals surface area contributed by atoms with Gasteiger partial charge in [-0.25, -0.2) is 0 Å². The van der Waals surface area contributed by atoms with Crippen LogP contribution in [0.1, 0.15) is 39.2 Å². The van der Waals surface area contributed by atoms with Crippen molar-refractivity contribution in [1.29, 1.82) is 0 Å². The highest BCUT2D eigenvalue weighted by Crippen LogP contribution is 2.25. The van der Waals surface area contributed by atoms with Gasteiger partial charge in [0.1, 0.15) is 0 Å². The predicted molar refractivity (Wildman–Crippen MR) is 92.2 cm³/mol. The van der Waals surface area contributed by atoms with Gasteiger partial charge in [0.15, 0.2) is 0 Å². The van der Waals surface area contributed by atoms with Crippen LogP contribution in [0.4, 0.5) is 0 Å². The van der Waals surface area contributed by atoms with Gasteiger partial charge < -0.3 is 5.32 Å². The topological polar surface area (TPSA) is 15.3 Å². The largest absolute Gasteiger partial charge is 0.312 e. The lowest BCUT2D eigenvalue weighted by atomic mass is 9.98. The van der Waals surface area contributed by atoms with Crippen molar-refractivity contribution >= 4 is 23.2 Å². The maximum Gasteiger partial charge on any atom is 0.0595 e. The number of hydrogen-bond acceptors (Lipinski definition) is 2. The molecule has 118 valence electrons. The fourth-order valence-corrected chi connectivity index (χ4v) is 3.24. The van der Waals surface area contributed by atoms with Gasteiger partial charge in [-0.2, -0.15) is 0 Å². The third-order valence-corrected chi connectivity index (χ3v) is 5.46. The molecule has 1 N–H and O–H groups in total. The standard InChI is InChI=1S/C17H26Cl2N2/c1-4-12(2)17-11-21(13(3)7-8-20-17)10-14-5-6-15(18)16(19)9-14/h5-6,9,12-13,17,20H,4,7-8,10-11H2,1-3H3. The molecular weight excluding hydrogens is 303 g/mol. The Morgan fingerprint density at radius 2 is 2.10 bits per heavy atom. The number of benzene rings is 1. The summed E-state index contributed by atoms with van der Waals surface area (Å²) in [5.74, 6) is 0.701. The van der Waals surface area contributed by atoms with Crippen molar-refractivity contribution in [1.82, 2.24) is 10.2 Å². The van der Waals surface area contributed by atoms with Crippen LogP contribution in [0.2, 0.25) is 10.0 Å². The summed E-state index contributed by atoms with van der Waals surface area (Å²) in [4.78, 5) is 2.57. The lowest BCUT2D eigenvalue weighted by Gasteiger charge is -2.31. The molecule has 3 atom stereocenters. The molecule has 0 bridgehead atoms. The average Bonchev–Trinajstić information content (AvgIpc) is 2.65. The van der Waals surface area contributed by atoms with Crippen molar-refractivity contribution in [2.45, 2.75) is 52.2 Å². The van der Waals surface area contributed by atoms with Crippen molar-refractivity contribution in [3.8, 4) is 0 Å². The molecule has 0 amide bonds. The van der Waals surface area contributed by atoms with Gasteiger partial charge in [-0.05, 0) is 43.5 Å². The number of nitrogens with zero attached hydrogens (tertiary/aromatic N) is 1. The molecule has 21 heavy (non-hydrogen) atoms. The molecule has 0 spiro atoms. The molecule has 0 saturated carbocycles. The van der Waals surface area contributed by atoms with E-state index in [2.05, 4.69) is 37.1 Å². The highest BCUT2D eigenvalue weighted by atomic mass is 35.5. The minimum absolute atomic E-state index is 0.572. The highest BCUT2D eigenvalue weighted by Gasteiger charge is 2.25. The number of rotatable bonds is 4. The molecule has 2 nitrogen and oxygen atoms in total. The Balaban J connectivity index is 2.09. The first-order valence-corrected chi connectivity index (χ1v) is 8.68. The molecule has 0 radical (unpaired) electrons. The van der Waals surface area contributed by atoms with E-state index in [1.54, 1.807) is 0 Å². The van der Waals surface area contributed by atoms with E-state index in [1.807, 2.05) is 12.1 Å². The van der Waals surface area contributed by atoms with E-state index in [9.17, 15) is 0 Å². The van der Waals surface area contributed by atoms with Gasteiger partial charge in [-0.3, -0.25) is 4.90 Å². The van der Waals surface area contributed by atoms with E-state index in [1.165, 1.54) is 18.4 Å². The first-order valence-electron chi connectivity index (χ1n) is 7.92. The lowest BCUT2D eigenvalue weighted by molar-refractivity contribution is 0.180. The molecule has 1 heterocycles. The third-order valence-electron chi connectivity index (χ3n) is 4.72. The fourth-order valence-electron chi connectivity index (χ4n) is 2.92. The zero-order valence-electron chi connectivity index (χ0n) is 13.2. The fraction of sp³-hybridized carbons (Fsp3) is 0.647. The summed E-state index contributed by atoms with van der Waals surface area (Å²) < 4.78 is 0. The molecule has 3 unspecified atom stereocenters. The summed E-state index contributed by atoms with van der Waals surface area (Å²) in [6.07, 6.45) is 2.40. The zero-order valence-corrected chi connectivity index (χ0v) is 14.7.